The molecule has 14 heavy (non-hydrogen) atoms. The van der Waals surface area contributed by atoms with Crippen LogP contribution >= 0.6 is 0 Å². The van der Waals surface area contributed by atoms with Gasteiger partial charge in [0.1, 0.15) is 0 Å². The lowest BCUT2D eigenvalue weighted by molar-refractivity contribution is 0.0444. The second-order valence-corrected chi connectivity index (χ2v) is 3.56. The third-order valence-electron chi connectivity index (χ3n) is 1.81. The molecule has 1 unspecified atom stereocenters. The molecular formula is C8H3O5S-. The summed E-state index contributed by atoms with van der Waals surface area (Å²) in [6, 6.07) is 3.61. The first-order chi connectivity index (χ1) is 6.59. The summed E-state index contributed by atoms with van der Waals surface area (Å²) >= 11 is -2.42. The number of cyclic esters (lactones) is 2. The van der Waals surface area contributed by atoms with E-state index in [0.29, 0.717) is 0 Å². The first-order valence-corrected chi connectivity index (χ1v) is 4.67. The minimum Gasteiger partial charge on any atom is -0.768 e. The maximum absolute atomic E-state index is 11.0. The van der Waals surface area contributed by atoms with E-state index in [2.05, 4.69) is 4.74 Å². The van der Waals surface area contributed by atoms with Gasteiger partial charge in [-0.05, 0) is 29.3 Å². The van der Waals surface area contributed by atoms with E-state index in [1.54, 1.807) is 0 Å². The molecular weight excluding hydrogens is 208 g/mol. The minimum absolute atomic E-state index is 0.00306. The van der Waals surface area contributed by atoms with Crippen molar-refractivity contribution in [1.82, 2.24) is 0 Å². The molecule has 1 aromatic rings. The molecule has 0 aromatic heterocycles. The van der Waals surface area contributed by atoms with Crippen LogP contribution < -0.4 is 0 Å². The molecule has 5 nitrogen and oxygen atoms in total. The maximum Gasteiger partial charge on any atom is 0.346 e. The summed E-state index contributed by atoms with van der Waals surface area (Å²) in [7, 11) is 0. The number of carbonyl (C=O) groups is 2. The highest BCUT2D eigenvalue weighted by molar-refractivity contribution is 7.79. The summed E-state index contributed by atoms with van der Waals surface area (Å²) in [5.41, 5.74) is 0.0981. The Hall–Kier alpha value is -1.53. The van der Waals surface area contributed by atoms with Crippen molar-refractivity contribution in [1.29, 1.82) is 0 Å². The van der Waals surface area contributed by atoms with E-state index in [4.69, 9.17) is 0 Å². The van der Waals surface area contributed by atoms with Crippen LogP contribution in [-0.2, 0) is 15.8 Å². The maximum atomic E-state index is 11.0. The number of esters is 2. The van der Waals surface area contributed by atoms with Crippen LogP contribution in [0, 0.1) is 0 Å². The number of benzene rings is 1. The highest BCUT2D eigenvalue weighted by Crippen LogP contribution is 2.22. The van der Waals surface area contributed by atoms with Crippen molar-refractivity contribution in [3.05, 3.63) is 29.3 Å². The number of fused-ring (bicyclic) bond motifs is 1. The van der Waals surface area contributed by atoms with E-state index in [0.717, 1.165) is 6.07 Å². The van der Waals surface area contributed by atoms with Gasteiger partial charge in [-0.1, -0.05) is 0 Å². The van der Waals surface area contributed by atoms with Crippen molar-refractivity contribution < 1.29 is 23.1 Å². The van der Waals surface area contributed by atoms with Gasteiger partial charge in [-0.25, -0.2) is 9.59 Å². The predicted octanol–water partition coefficient (Wildman–Crippen LogP) is 0.235. The smallest absolute Gasteiger partial charge is 0.346 e. The Bertz CT molecular complexity index is 465. The van der Waals surface area contributed by atoms with Crippen LogP contribution in [0.15, 0.2) is 23.1 Å². The topological polar surface area (TPSA) is 83.5 Å². The highest BCUT2D eigenvalue weighted by Gasteiger charge is 2.29. The molecule has 0 N–H and O–H groups in total. The Morgan fingerprint density at radius 2 is 1.79 bits per heavy atom. The first-order valence-electron chi connectivity index (χ1n) is 3.59. The van der Waals surface area contributed by atoms with Crippen LogP contribution in [0.3, 0.4) is 0 Å². The Morgan fingerprint density at radius 1 is 1.14 bits per heavy atom. The van der Waals surface area contributed by atoms with E-state index in [-0.39, 0.29) is 16.0 Å². The van der Waals surface area contributed by atoms with Crippen molar-refractivity contribution >= 4 is 23.0 Å². The fourth-order valence-electron chi connectivity index (χ4n) is 1.17. The first kappa shape index (κ1) is 9.04. The zero-order valence-electron chi connectivity index (χ0n) is 6.68. The standard InChI is InChI=1S/C8H4O5S/c9-7-5-2-1-4(14(11)12)3-6(5)8(10)13-7/h1-3H,(H,11,12)/p-1. The van der Waals surface area contributed by atoms with Gasteiger partial charge in [0, 0.05) is 4.90 Å². The average molecular weight is 211 g/mol. The van der Waals surface area contributed by atoms with Crippen LogP contribution in [0.1, 0.15) is 20.7 Å². The molecule has 1 aliphatic rings. The van der Waals surface area contributed by atoms with Crippen molar-refractivity contribution in [3.8, 4) is 0 Å². The van der Waals surface area contributed by atoms with E-state index >= 15 is 0 Å². The third-order valence-corrected chi connectivity index (χ3v) is 2.45. The second kappa shape index (κ2) is 3.00. The molecule has 0 amide bonds. The zero-order chi connectivity index (χ0) is 10.3. The number of rotatable bonds is 1. The van der Waals surface area contributed by atoms with Gasteiger partial charge in [0.05, 0.1) is 11.1 Å². The Labute approximate surface area is 81.0 Å². The quantitative estimate of drug-likeness (QED) is 0.377. The summed E-state index contributed by atoms with van der Waals surface area (Å²) in [6.07, 6.45) is 0. The van der Waals surface area contributed by atoms with Gasteiger partial charge in [-0.3, -0.25) is 4.21 Å². The second-order valence-electron chi connectivity index (χ2n) is 2.62. The summed E-state index contributed by atoms with van der Waals surface area (Å²) in [4.78, 5) is 21.9. The lowest BCUT2D eigenvalue weighted by atomic mass is 10.1. The van der Waals surface area contributed by atoms with Crippen molar-refractivity contribution in [3.63, 3.8) is 0 Å². The van der Waals surface area contributed by atoms with Crippen LogP contribution in [0.4, 0.5) is 0 Å². The highest BCUT2D eigenvalue weighted by atomic mass is 32.2. The predicted molar refractivity (Wildman–Crippen MR) is 43.4 cm³/mol. The number of hydrogen-bond acceptors (Lipinski definition) is 5. The van der Waals surface area contributed by atoms with E-state index < -0.39 is 23.0 Å². The molecule has 72 valence electrons. The van der Waals surface area contributed by atoms with Gasteiger partial charge >= 0.3 is 11.9 Å². The van der Waals surface area contributed by atoms with Gasteiger partial charge in [0.15, 0.2) is 0 Å². The Balaban J connectivity index is 2.61. The van der Waals surface area contributed by atoms with Crippen LogP contribution in [0.5, 0.6) is 0 Å². The SMILES string of the molecule is O=C1OC(=O)c2cc(S(=O)[O-])ccc21. The number of hydrogen-bond donors (Lipinski definition) is 0. The molecule has 0 spiro atoms. The van der Waals surface area contributed by atoms with Crippen molar-refractivity contribution in [2.75, 3.05) is 0 Å². The third kappa shape index (κ3) is 1.24. The Morgan fingerprint density at radius 3 is 2.43 bits per heavy atom. The van der Waals surface area contributed by atoms with Crippen molar-refractivity contribution in [2.45, 2.75) is 4.90 Å². The minimum atomic E-state index is -2.42. The summed E-state index contributed by atoms with van der Waals surface area (Å²) in [6.45, 7) is 0. The fourth-order valence-corrected chi connectivity index (χ4v) is 1.56. The summed E-state index contributed by atoms with van der Waals surface area (Å²) in [5.74, 6) is -1.55. The summed E-state index contributed by atoms with van der Waals surface area (Å²) in [5, 5.41) is 0. The molecule has 0 saturated heterocycles. The lowest BCUT2D eigenvalue weighted by Crippen LogP contribution is -1.97. The molecule has 2 rings (SSSR count). The van der Waals surface area contributed by atoms with Crippen LogP contribution in [-0.4, -0.2) is 20.7 Å². The molecule has 0 aliphatic carbocycles. The molecule has 0 radical (unpaired) electrons. The van der Waals surface area contributed by atoms with Gasteiger partial charge in [0.2, 0.25) is 0 Å². The Kier molecular flexibility index (Phi) is 1.94. The number of carbonyl (C=O) groups excluding carboxylic acids is 2. The molecule has 1 atom stereocenters. The molecule has 0 saturated carbocycles. The molecule has 6 heteroatoms. The van der Waals surface area contributed by atoms with E-state index in [9.17, 15) is 18.4 Å². The number of ether oxygens (including phenoxy) is 1. The van der Waals surface area contributed by atoms with E-state index in [1.807, 2.05) is 0 Å². The molecule has 1 aliphatic heterocycles. The monoisotopic (exact) mass is 211 g/mol. The van der Waals surface area contributed by atoms with Gasteiger partial charge in [-0.2, -0.15) is 0 Å². The fraction of sp³-hybridized carbons (Fsp3) is 0. The molecule has 1 aromatic carbocycles. The molecule has 0 bridgehead atoms. The molecule has 0 fully saturated rings. The van der Waals surface area contributed by atoms with Crippen molar-refractivity contribution in [2.24, 2.45) is 0 Å². The van der Waals surface area contributed by atoms with Gasteiger partial charge < -0.3 is 9.29 Å². The zero-order valence-corrected chi connectivity index (χ0v) is 7.50. The largest absolute Gasteiger partial charge is 0.768 e. The van der Waals surface area contributed by atoms with Gasteiger partial charge in [-0.15, -0.1) is 0 Å². The lowest BCUT2D eigenvalue weighted by Gasteiger charge is -2.04. The van der Waals surface area contributed by atoms with Gasteiger partial charge in [0.25, 0.3) is 0 Å². The van der Waals surface area contributed by atoms with Crippen LogP contribution in [0.2, 0.25) is 0 Å². The van der Waals surface area contributed by atoms with E-state index in [1.165, 1.54) is 12.1 Å². The summed E-state index contributed by atoms with van der Waals surface area (Å²) < 4.78 is 25.4. The average Bonchev–Trinajstić information content (AvgIpc) is 2.42. The normalized spacial score (nSPS) is 16.4. The molecule has 1 heterocycles. The van der Waals surface area contributed by atoms with Crippen LogP contribution in [0.25, 0.3) is 0 Å².